The van der Waals surface area contributed by atoms with Crippen molar-refractivity contribution in [3.63, 3.8) is 0 Å². The number of nitrogens with one attached hydrogen (secondary N) is 1. The Morgan fingerprint density at radius 2 is 2.14 bits per heavy atom. The monoisotopic (exact) mass is 354 g/mol. The molecule has 1 aromatic carbocycles. The highest BCUT2D eigenvalue weighted by molar-refractivity contribution is 9.10. The standard InChI is InChI=1S/C14H15BrN2O4/c15-13-8-10(17(19)20)2-4-12(13)14-5-3-11(21-14)9-16-6-1-7-18/h2-5,8,16,18H,1,6-7,9H2. The molecule has 0 saturated carbocycles. The van der Waals surface area contributed by atoms with E-state index in [4.69, 9.17) is 9.52 Å². The number of hydrogen-bond donors (Lipinski definition) is 2. The summed E-state index contributed by atoms with van der Waals surface area (Å²) in [6, 6.07) is 8.24. The molecule has 0 saturated heterocycles. The van der Waals surface area contributed by atoms with Crippen molar-refractivity contribution in [3.8, 4) is 11.3 Å². The van der Waals surface area contributed by atoms with E-state index in [2.05, 4.69) is 21.2 Å². The van der Waals surface area contributed by atoms with Crippen LogP contribution in [0.25, 0.3) is 11.3 Å². The maximum absolute atomic E-state index is 10.7. The molecule has 0 aliphatic rings. The van der Waals surface area contributed by atoms with E-state index < -0.39 is 4.92 Å². The minimum Gasteiger partial charge on any atom is -0.460 e. The first-order chi connectivity index (χ1) is 10.1. The maximum Gasteiger partial charge on any atom is 0.270 e. The molecule has 0 radical (unpaired) electrons. The first-order valence-electron chi connectivity index (χ1n) is 6.46. The third kappa shape index (κ3) is 4.13. The number of aliphatic hydroxyl groups is 1. The van der Waals surface area contributed by atoms with Gasteiger partial charge in [-0.05, 0) is 47.1 Å². The third-order valence-electron chi connectivity index (χ3n) is 2.90. The van der Waals surface area contributed by atoms with Gasteiger partial charge in [-0.2, -0.15) is 0 Å². The molecule has 6 nitrogen and oxygen atoms in total. The smallest absolute Gasteiger partial charge is 0.270 e. The van der Waals surface area contributed by atoms with Gasteiger partial charge in [0.1, 0.15) is 11.5 Å². The van der Waals surface area contributed by atoms with E-state index in [1.807, 2.05) is 12.1 Å². The molecule has 112 valence electrons. The zero-order chi connectivity index (χ0) is 15.2. The topological polar surface area (TPSA) is 88.5 Å². The van der Waals surface area contributed by atoms with E-state index >= 15 is 0 Å². The van der Waals surface area contributed by atoms with Crippen LogP contribution in [0, 0.1) is 10.1 Å². The summed E-state index contributed by atoms with van der Waals surface area (Å²) in [5, 5.41) is 22.6. The van der Waals surface area contributed by atoms with Gasteiger partial charge in [0.2, 0.25) is 0 Å². The van der Waals surface area contributed by atoms with Gasteiger partial charge in [-0.3, -0.25) is 10.1 Å². The van der Waals surface area contributed by atoms with Crippen molar-refractivity contribution in [1.82, 2.24) is 5.32 Å². The normalized spacial score (nSPS) is 10.8. The number of halogens is 1. The van der Waals surface area contributed by atoms with Crippen molar-refractivity contribution in [1.29, 1.82) is 0 Å². The summed E-state index contributed by atoms with van der Waals surface area (Å²) in [6.07, 6.45) is 0.696. The van der Waals surface area contributed by atoms with Crippen LogP contribution in [0.5, 0.6) is 0 Å². The van der Waals surface area contributed by atoms with Crippen LogP contribution in [0.3, 0.4) is 0 Å². The van der Waals surface area contributed by atoms with E-state index in [0.29, 0.717) is 29.7 Å². The molecule has 7 heteroatoms. The van der Waals surface area contributed by atoms with E-state index in [1.54, 1.807) is 6.07 Å². The van der Waals surface area contributed by atoms with Gasteiger partial charge in [-0.15, -0.1) is 0 Å². The number of furan rings is 1. The Morgan fingerprint density at radius 3 is 2.81 bits per heavy atom. The predicted molar refractivity (Wildman–Crippen MR) is 81.9 cm³/mol. The summed E-state index contributed by atoms with van der Waals surface area (Å²) < 4.78 is 6.32. The Kier molecular flexibility index (Phi) is 5.49. The van der Waals surface area contributed by atoms with Gasteiger partial charge in [0.05, 0.1) is 11.5 Å². The quantitative estimate of drug-likeness (QED) is 0.453. The summed E-state index contributed by atoms with van der Waals surface area (Å²) >= 11 is 3.33. The Balaban J connectivity index is 2.08. The summed E-state index contributed by atoms with van der Waals surface area (Å²) in [4.78, 5) is 10.3. The molecular formula is C14H15BrN2O4. The molecule has 0 amide bonds. The molecule has 0 unspecified atom stereocenters. The van der Waals surface area contributed by atoms with Crippen molar-refractivity contribution in [2.45, 2.75) is 13.0 Å². The lowest BCUT2D eigenvalue weighted by atomic mass is 10.1. The summed E-state index contributed by atoms with van der Waals surface area (Å²) in [7, 11) is 0. The summed E-state index contributed by atoms with van der Waals surface area (Å²) in [5.41, 5.74) is 0.797. The number of nitrogens with zero attached hydrogens (tertiary/aromatic N) is 1. The Hall–Kier alpha value is -1.70. The highest BCUT2D eigenvalue weighted by atomic mass is 79.9. The molecule has 1 aromatic heterocycles. The average Bonchev–Trinajstić information content (AvgIpc) is 2.92. The molecule has 0 spiro atoms. The minimum absolute atomic E-state index is 0.0306. The van der Waals surface area contributed by atoms with Crippen molar-refractivity contribution < 1.29 is 14.4 Å². The highest BCUT2D eigenvalue weighted by Gasteiger charge is 2.13. The van der Waals surface area contributed by atoms with Gasteiger partial charge >= 0.3 is 0 Å². The number of hydrogen-bond acceptors (Lipinski definition) is 5. The Labute approximate surface area is 130 Å². The average molecular weight is 355 g/mol. The van der Waals surface area contributed by atoms with Crippen molar-refractivity contribution in [2.24, 2.45) is 0 Å². The number of rotatable bonds is 7. The van der Waals surface area contributed by atoms with Crippen molar-refractivity contribution in [2.75, 3.05) is 13.2 Å². The summed E-state index contributed by atoms with van der Waals surface area (Å²) in [5.74, 6) is 1.42. The third-order valence-corrected chi connectivity index (χ3v) is 3.56. The SMILES string of the molecule is O=[N+]([O-])c1ccc(-c2ccc(CNCCCO)o2)c(Br)c1. The number of aliphatic hydroxyl groups excluding tert-OH is 1. The molecule has 2 rings (SSSR count). The van der Waals surface area contributed by atoms with Gasteiger partial charge in [0.25, 0.3) is 5.69 Å². The highest BCUT2D eigenvalue weighted by Crippen LogP contribution is 2.32. The van der Waals surface area contributed by atoms with E-state index in [-0.39, 0.29) is 12.3 Å². The van der Waals surface area contributed by atoms with Crippen LogP contribution >= 0.6 is 15.9 Å². The molecule has 0 atom stereocenters. The van der Waals surface area contributed by atoms with Crippen LogP contribution in [-0.2, 0) is 6.54 Å². The molecular weight excluding hydrogens is 340 g/mol. The van der Waals surface area contributed by atoms with Gasteiger partial charge < -0.3 is 14.8 Å². The molecule has 21 heavy (non-hydrogen) atoms. The number of nitro groups is 1. The first kappa shape index (κ1) is 15.7. The van der Waals surface area contributed by atoms with Gasteiger partial charge in [0, 0.05) is 28.8 Å². The lowest BCUT2D eigenvalue weighted by Crippen LogP contribution is -2.15. The van der Waals surface area contributed by atoms with Gasteiger partial charge in [-0.1, -0.05) is 0 Å². The second-order valence-corrected chi connectivity index (χ2v) is 5.30. The van der Waals surface area contributed by atoms with E-state index in [0.717, 1.165) is 11.3 Å². The molecule has 2 aromatic rings. The second-order valence-electron chi connectivity index (χ2n) is 4.44. The maximum atomic E-state index is 10.7. The van der Waals surface area contributed by atoms with Crippen LogP contribution in [0.4, 0.5) is 5.69 Å². The molecule has 0 fully saturated rings. The van der Waals surface area contributed by atoms with Crippen LogP contribution < -0.4 is 5.32 Å². The van der Waals surface area contributed by atoms with Crippen molar-refractivity contribution >= 4 is 21.6 Å². The van der Waals surface area contributed by atoms with E-state index in [1.165, 1.54) is 12.1 Å². The number of nitro benzene ring substituents is 1. The molecule has 0 bridgehead atoms. The zero-order valence-corrected chi connectivity index (χ0v) is 12.8. The largest absolute Gasteiger partial charge is 0.460 e. The minimum atomic E-state index is -0.437. The molecule has 0 aliphatic heterocycles. The lowest BCUT2D eigenvalue weighted by Gasteiger charge is -2.02. The predicted octanol–water partition coefficient (Wildman–Crippen LogP) is 3.09. The second kappa shape index (κ2) is 7.35. The fourth-order valence-corrected chi connectivity index (χ4v) is 2.41. The van der Waals surface area contributed by atoms with Crippen LogP contribution in [-0.4, -0.2) is 23.2 Å². The molecule has 1 heterocycles. The van der Waals surface area contributed by atoms with Gasteiger partial charge in [-0.25, -0.2) is 0 Å². The fourth-order valence-electron chi connectivity index (χ4n) is 1.85. The Bertz CT molecular complexity index is 627. The van der Waals surface area contributed by atoms with Crippen molar-refractivity contribution in [3.05, 3.63) is 50.7 Å². The lowest BCUT2D eigenvalue weighted by molar-refractivity contribution is -0.384. The summed E-state index contributed by atoms with van der Waals surface area (Å²) in [6.45, 7) is 1.45. The zero-order valence-electron chi connectivity index (χ0n) is 11.2. The van der Waals surface area contributed by atoms with Crippen LogP contribution in [0.1, 0.15) is 12.2 Å². The van der Waals surface area contributed by atoms with Crippen LogP contribution in [0.15, 0.2) is 39.2 Å². The van der Waals surface area contributed by atoms with Crippen LogP contribution in [0.2, 0.25) is 0 Å². The fraction of sp³-hybridized carbons (Fsp3) is 0.286. The van der Waals surface area contributed by atoms with Gasteiger partial charge in [0.15, 0.2) is 0 Å². The number of non-ortho nitro benzene ring substituents is 1. The molecule has 0 aliphatic carbocycles. The number of benzene rings is 1. The Morgan fingerprint density at radius 1 is 1.33 bits per heavy atom. The molecule has 2 N–H and O–H groups in total. The van der Waals surface area contributed by atoms with E-state index in [9.17, 15) is 10.1 Å². The first-order valence-corrected chi connectivity index (χ1v) is 7.25.